The summed E-state index contributed by atoms with van der Waals surface area (Å²) in [4.78, 5) is 0. The van der Waals surface area contributed by atoms with Gasteiger partial charge in [-0.05, 0) is 82.9 Å². The number of hydrogen-bond acceptors (Lipinski definition) is 0. The molecule has 0 bridgehead atoms. The van der Waals surface area contributed by atoms with Gasteiger partial charge >= 0.3 is 0 Å². The van der Waals surface area contributed by atoms with Crippen LogP contribution < -0.4 is 0 Å². The molecule has 0 aromatic rings. The van der Waals surface area contributed by atoms with Crippen LogP contribution in [-0.4, -0.2) is 0.594 Å². The molecule has 4 aliphatic carbocycles. The van der Waals surface area contributed by atoms with Crippen LogP contribution in [0.3, 0.4) is 0 Å². The SMILES string of the molecule is [2H]I.[CH2-]C.[CH2-]C1C(C)C2C(C1C)C1C(C)C(C)C(C)C(C)C1C1C(C)C(C)C(C)C(C)C21.[Y]. The Morgan fingerprint density at radius 3 is 0.750 bits per heavy atom. The smallest absolute Gasteiger partial charge is 0.107 e. The predicted octanol–water partition coefficient (Wildman–Crippen LogP) is 9.01. The van der Waals surface area contributed by atoms with Crippen molar-refractivity contribution < 1.29 is 32.7 Å². The summed E-state index contributed by atoms with van der Waals surface area (Å²) in [6.07, 6.45) is 0. The van der Waals surface area contributed by atoms with Crippen molar-refractivity contribution in [3.63, 3.8) is 0 Å². The molecule has 0 amide bonds. The second-order valence-corrected chi connectivity index (χ2v) is 12.7. The Bertz CT molecular complexity index is 548. The van der Waals surface area contributed by atoms with Crippen LogP contribution in [0.4, 0.5) is 0 Å². The van der Waals surface area contributed by atoms with Crippen LogP contribution in [0.5, 0.6) is 0 Å². The summed E-state index contributed by atoms with van der Waals surface area (Å²) in [6.45, 7) is 35.8. The van der Waals surface area contributed by atoms with E-state index in [2.05, 4.69) is 76.2 Å². The van der Waals surface area contributed by atoms with Gasteiger partial charge < -0.3 is 13.8 Å². The number of fused-ring (bicyclic) bond motifs is 6. The standard InChI is InChI=1S/C28H49.C2H5.HI.Y/c1-12-14(3)19(8)25-23(17(12)6)24-18(7)13(2)15(4)20(9)26(24)28-22(11)16(5)21(10)27(25)28;1-2;;/h12-28H,5H2,1-4,6-11H3;1H2,2H3;1H;/q2*-1;;/i/hD. The molecule has 0 aliphatic heterocycles. The Hall–Kier alpha value is 1.83. The van der Waals surface area contributed by atoms with Gasteiger partial charge in [-0.15, -0.1) is 23.8 Å². The van der Waals surface area contributed by atoms with E-state index >= 15 is 0 Å². The molecule has 0 aromatic heterocycles. The van der Waals surface area contributed by atoms with E-state index in [1.165, 1.54) is 23.8 Å². The van der Waals surface area contributed by atoms with Gasteiger partial charge in [0.25, 0.3) is 0 Å². The van der Waals surface area contributed by atoms with Gasteiger partial charge in [0, 0.05) is 32.7 Å². The summed E-state index contributed by atoms with van der Waals surface area (Å²) >= 11 is 1.40. The summed E-state index contributed by atoms with van der Waals surface area (Å²) in [5, 5.41) is 0. The zero-order valence-corrected chi connectivity index (χ0v) is 28.2. The molecule has 16 atom stereocenters. The van der Waals surface area contributed by atoms with Gasteiger partial charge in [0.2, 0.25) is 0 Å². The van der Waals surface area contributed by atoms with Gasteiger partial charge in [0.05, 0.1) is 0 Å². The molecule has 32 heavy (non-hydrogen) atoms. The van der Waals surface area contributed by atoms with Gasteiger partial charge in [-0.3, -0.25) is 0 Å². The fourth-order valence-electron chi connectivity index (χ4n) is 10.1. The van der Waals surface area contributed by atoms with Crippen LogP contribution >= 0.6 is 23.8 Å². The molecular weight excluding hydrogens is 576 g/mol. The van der Waals surface area contributed by atoms with Crippen LogP contribution in [-0.2, 0) is 32.7 Å². The molecule has 187 valence electrons. The van der Waals surface area contributed by atoms with Crippen LogP contribution in [0.15, 0.2) is 0 Å². The van der Waals surface area contributed by atoms with E-state index in [1.54, 1.807) is 6.92 Å². The maximum absolute atomic E-state index is 5.72. The van der Waals surface area contributed by atoms with E-state index in [4.69, 9.17) is 7.52 Å². The number of halogens is 1. The van der Waals surface area contributed by atoms with Crippen LogP contribution in [0, 0.1) is 114 Å². The quantitative estimate of drug-likeness (QED) is 0.185. The van der Waals surface area contributed by atoms with E-state index in [1.807, 2.05) is 0 Å². The van der Waals surface area contributed by atoms with Crippen LogP contribution in [0.2, 0.25) is 0 Å². The van der Waals surface area contributed by atoms with Crippen molar-refractivity contribution in [1.29, 1.82) is 0.594 Å². The van der Waals surface area contributed by atoms with Crippen molar-refractivity contribution in [3.8, 4) is 0 Å². The number of hydrogen-bond donors (Lipinski definition) is 0. The molecule has 4 saturated carbocycles. The summed E-state index contributed by atoms with van der Waals surface area (Å²) < 4.78 is 5.72. The Labute approximate surface area is 245 Å². The van der Waals surface area contributed by atoms with Gasteiger partial charge in [-0.1, -0.05) is 81.1 Å². The van der Waals surface area contributed by atoms with Gasteiger partial charge in [0.1, 0.15) is 0.594 Å². The minimum absolute atomic E-state index is 0. The Morgan fingerprint density at radius 1 is 0.406 bits per heavy atom. The van der Waals surface area contributed by atoms with Crippen LogP contribution in [0.1, 0.15) is 76.2 Å². The molecule has 0 aromatic carbocycles. The average molecular weight is 633 g/mol. The van der Waals surface area contributed by atoms with Crippen molar-refractivity contribution in [2.45, 2.75) is 76.2 Å². The van der Waals surface area contributed by atoms with Crippen molar-refractivity contribution in [3.05, 3.63) is 13.8 Å². The van der Waals surface area contributed by atoms with Gasteiger partial charge in [-0.25, -0.2) is 0 Å². The number of rotatable bonds is 0. The zero-order valence-electron chi connectivity index (χ0n) is 24.2. The van der Waals surface area contributed by atoms with E-state index < -0.39 is 0 Å². The fraction of sp³-hybridized carbons (Fsp3) is 0.933. The fourth-order valence-corrected chi connectivity index (χ4v) is 10.1. The Kier molecular flexibility index (Phi) is 11.2. The largest absolute Gasteiger partial charge is 0.346 e. The van der Waals surface area contributed by atoms with Crippen molar-refractivity contribution >= 4 is 23.8 Å². The first kappa shape index (κ1) is 30.1. The molecule has 0 heterocycles. The monoisotopic (exact) mass is 632 g/mol. The average Bonchev–Trinajstić information content (AvgIpc) is 3.03. The third-order valence-corrected chi connectivity index (χ3v) is 12.6. The van der Waals surface area contributed by atoms with Crippen molar-refractivity contribution in [2.75, 3.05) is 0 Å². The maximum Gasteiger partial charge on any atom is 0.107 e. The van der Waals surface area contributed by atoms with Crippen LogP contribution in [0.25, 0.3) is 0 Å². The minimum atomic E-state index is 0. The molecule has 0 spiro atoms. The summed E-state index contributed by atoms with van der Waals surface area (Å²) in [5.74, 6) is 14.9. The Morgan fingerprint density at radius 2 is 0.562 bits per heavy atom. The maximum atomic E-state index is 5.72. The summed E-state index contributed by atoms with van der Waals surface area (Å²) in [7, 11) is 0. The molecular formula is C30H55IY-2. The van der Waals surface area contributed by atoms with Gasteiger partial charge in [0.15, 0.2) is 0 Å². The molecule has 4 rings (SSSR count). The molecule has 0 N–H and O–H groups in total. The van der Waals surface area contributed by atoms with Crippen molar-refractivity contribution in [1.82, 2.24) is 0 Å². The topological polar surface area (TPSA) is 0 Å². The summed E-state index contributed by atoms with van der Waals surface area (Å²) in [6, 6.07) is 0. The molecule has 2 heteroatoms. The molecule has 0 saturated heterocycles. The zero-order chi connectivity index (χ0) is 24.8. The first-order valence-electron chi connectivity index (χ1n) is 13.9. The second kappa shape index (κ2) is 11.9. The Balaban J connectivity index is 0.00000103. The molecule has 1 radical (unpaired) electrons. The molecule has 16 unspecified atom stereocenters. The van der Waals surface area contributed by atoms with E-state index in [0.717, 1.165) is 94.7 Å². The normalized spacial score (nSPS) is 58.8. The van der Waals surface area contributed by atoms with E-state index in [0.29, 0.717) is 5.92 Å². The third kappa shape index (κ3) is 4.52. The van der Waals surface area contributed by atoms with E-state index in [-0.39, 0.29) is 32.7 Å². The minimum Gasteiger partial charge on any atom is -0.346 e. The second-order valence-electron chi connectivity index (χ2n) is 12.7. The predicted molar refractivity (Wildman–Crippen MR) is 148 cm³/mol. The first-order chi connectivity index (χ1) is 15.0. The molecule has 4 aliphatic rings. The van der Waals surface area contributed by atoms with Gasteiger partial charge in [-0.2, -0.15) is 12.8 Å². The first-order valence-corrected chi connectivity index (χ1v) is 13.6. The molecule has 4 fully saturated rings. The molecule has 0 nitrogen and oxygen atoms in total. The summed E-state index contributed by atoms with van der Waals surface area (Å²) in [5.41, 5.74) is 0. The van der Waals surface area contributed by atoms with E-state index in [9.17, 15) is 0 Å². The third-order valence-electron chi connectivity index (χ3n) is 12.6. The van der Waals surface area contributed by atoms with Crippen molar-refractivity contribution in [2.24, 2.45) is 101 Å².